The van der Waals surface area contributed by atoms with Gasteiger partial charge >= 0.3 is 5.97 Å². The number of benzene rings is 1. The van der Waals surface area contributed by atoms with Crippen LogP contribution in [0.15, 0.2) is 18.2 Å². The first kappa shape index (κ1) is 15.4. The molecule has 0 amide bonds. The van der Waals surface area contributed by atoms with Crippen molar-refractivity contribution in [2.45, 2.75) is 32.2 Å². The highest BCUT2D eigenvalue weighted by Crippen LogP contribution is 2.30. The van der Waals surface area contributed by atoms with Gasteiger partial charge in [0.15, 0.2) is 0 Å². The largest absolute Gasteiger partial charge is 0.480 e. The van der Waals surface area contributed by atoms with E-state index in [4.69, 9.17) is 5.26 Å². The number of anilines is 1. The highest BCUT2D eigenvalue weighted by atomic mass is 16.6. The fourth-order valence-corrected chi connectivity index (χ4v) is 1.91. The molecule has 0 fully saturated rings. The number of nitrogens with one attached hydrogen (secondary N) is 1. The van der Waals surface area contributed by atoms with Gasteiger partial charge in [-0.3, -0.25) is 10.1 Å². The van der Waals surface area contributed by atoms with Gasteiger partial charge in [0.05, 0.1) is 16.6 Å². The van der Waals surface area contributed by atoms with Gasteiger partial charge in [0.2, 0.25) is 0 Å². The summed E-state index contributed by atoms with van der Waals surface area (Å²) >= 11 is 0. The molecule has 0 aliphatic carbocycles. The Bertz CT molecular complexity index is 573. The average molecular weight is 277 g/mol. The Morgan fingerprint density at radius 2 is 2.10 bits per heavy atom. The number of nitro benzene ring substituents is 1. The van der Waals surface area contributed by atoms with E-state index < -0.39 is 16.4 Å². The molecule has 0 saturated heterocycles. The molecule has 1 aromatic rings. The minimum absolute atomic E-state index is 0.0418. The van der Waals surface area contributed by atoms with Gasteiger partial charge in [-0.1, -0.05) is 13.8 Å². The second-order valence-corrected chi connectivity index (χ2v) is 4.32. The molecule has 2 N–H and O–H groups in total. The summed E-state index contributed by atoms with van der Waals surface area (Å²) in [4.78, 5) is 21.8. The predicted molar refractivity (Wildman–Crippen MR) is 72.4 cm³/mol. The minimum Gasteiger partial charge on any atom is -0.480 e. The Morgan fingerprint density at radius 3 is 2.50 bits per heavy atom. The molecule has 1 rings (SSSR count). The molecule has 7 nitrogen and oxygen atoms in total. The average Bonchev–Trinajstić information content (AvgIpc) is 2.43. The third kappa shape index (κ3) is 2.85. The van der Waals surface area contributed by atoms with E-state index in [1.165, 1.54) is 18.2 Å². The van der Waals surface area contributed by atoms with Gasteiger partial charge in [-0.15, -0.1) is 0 Å². The number of aliphatic carboxylic acids is 1. The zero-order valence-corrected chi connectivity index (χ0v) is 11.2. The molecule has 0 heterocycles. The van der Waals surface area contributed by atoms with Crippen molar-refractivity contribution in [3.05, 3.63) is 33.9 Å². The first-order valence-corrected chi connectivity index (χ1v) is 6.10. The van der Waals surface area contributed by atoms with Gasteiger partial charge in [-0.2, -0.15) is 5.26 Å². The van der Waals surface area contributed by atoms with Crippen molar-refractivity contribution in [2.75, 3.05) is 5.32 Å². The normalized spacial score (nSPS) is 10.7. The van der Waals surface area contributed by atoms with Crippen LogP contribution in [-0.2, 0) is 4.79 Å². The SMILES string of the molecule is CCC(CC)(Nc1cc(C#N)ccc1[N+](=O)[O-])C(=O)O. The fraction of sp³-hybridized carbons (Fsp3) is 0.385. The van der Waals surface area contributed by atoms with Crippen LogP contribution in [-0.4, -0.2) is 21.5 Å². The van der Waals surface area contributed by atoms with E-state index in [1.807, 2.05) is 6.07 Å². The van der Waals surface area contributed by atoms with Crippen LogP contribution < -0.4 is 5.32 Å². The highest BCUT2D eigenvalue weighted by molar-refractivity contribution is 5.84. The highest BCUT2D eigenvalue weighted by Gasteiger charge is 2.36. The van der Waals surface area contributed by atoms with Crippen LogP contribution >= 0.6 is 0 Å². The molecular weight excluding hydrogens is 262 g/mol. The third-order valence-electron chi connectivity index (χ3n) is 3.31. The predicted octanol–water partition coefficient (Wildman–Crippen LogP) is 2.52. The monoisotopic (exact) mass is 277 g/mol. The number of nitrogens with zero attached hydrogens (tertiary/aromatic N) is 2. The van der Waals surface area contributed by atoms with Crippen molar-refractivity contribution in [3.8, 4) is 6.07 Å². The summed E-state index contributed by atoms with van der Waals surface area (Å²) in [6, 6.07) is 5.68. The van der Waals surface area contributed by atoms with Crippen LogP contribution in [0.3, 0.4) is 0 Å². The lowest BCUT2D eigenvalue weighted by atomic mass is 9.92. The molecule has 0 aromatic heterocycles. The summed E-state index contributed by atoms with van der Waals surface area (Å²) in [6.07, 6.45) is 0.513. The molecule has 20 heavy (non-hydrogen) atoms. The fourth-order valence-electron chi connectivity index (χ4n) is 1.91. The Morgan fingerprint density at radius 1 is 1.50 bits per heavy atom. The minimum atomic E-state index is -1.29. The number of nitriles is 1. The maximum absolute atomic E-state index is 11.4. The maximum Gasteiger partial charge on any atom is 0.329 e. The van der Waals surface area contributed by atoms with Crippen molar-refractivity contribution in [3.63, 3.8) is 0 Å². The van der Waals surface area contributed by atoms with Crippen molar-refractivity contribution in [2.24, 2.45) is 0 Å². The van der Waals surface area contributed by atoms with Crippen LogP contribution in [0.1, 0.15) is 32.3 Å². The van der Waals surface area contributed by atoms with Gasteiger partial charge in [0, 0.05) is 6.07 Å². The van der Waals surface area contributed by atoms with E-state index in [0.717, 1.165) is 0 Å². The lowest BCUT2D eigenvalue weighted by molar-refractivity contribution is -0.384. The Kier molecular flexibility index (Phi) is 4.64. The summed E-state index contributed by atoms with van der Waals surface area (Å²) in [7, 11) is 0. The number of carboxylic acid groups (broad SMARTS) is 1. The zero-order chi connectivity index (χ0) is 15.3. The molecule has 0 unspecified atom stereocenters. The number of nitro groups is 1. The van der Waals surface area contributed by atoms with Crippen LogP contribution in [0.25, 0.3) is 0 Å². The van der Waals surface area contributed by atoms with Crippen molar-refractivity contribution < 1.29 is 14.8 Å². The third-order valence-corrected chi connectivity index (χ3v) is 3.31. The topological polar surface area (TPSA) is 116 Å². The standard InChI is InChI=1S/C13H15N3O4/c1-3-13(4-2,12(17)18)15-10-7-9(8-14)5-6-11(10)16(19)20/h5-7,15H,3-4H2,1-2H3,(H,17,18). The van der Waals surface area contributed by atoms with Crippen molar-refractivity contribution in [1.82, 2.24) is 0 Å². The molecule has 0 atom stereocenters. The molecule has 7 heteroatoms. The van der Waals surface area contributed by atoms with Gasteiger partial charge < -0.3 is 10.4 Å². The van der Waals surface area contributed by atoms with E-state index in [0.29, 0.717) is 0 Å². The summed E-state index contributed by atoms with van der Waals surface area (Å²) < 4.78 is 0. The summed E-state index contributed by atoms with van der Waals surface area (Å²) in [6.45, 7) is 3.37. The number of hydrogen-bond acceptors (Lipinski definition) is 5. The molecule has 0 saturated carbocycles. The molecule has 0 aliphatic heterocycles. The molecule has 1 aromatic carbocycles. The van der Waals surface area contributed by atoms with E-state index in [1.54, 1.807) is 13.8 Å². The van der Waals surface area contributed by atoms with Gasteiger partial charge in [-0.25, -0.2) is 4.79 Å². The summed E-state index contributed by atoms with van der Waals surface area (Å²) in [5, 5.41) is 31.9. The maximum atomic E-state index is 11.4. The summed E-state index contributed by atoms with van der Waals surface area (Å²) in [5.74, 6) is -1.08. The Hall–Kier alpha value is -2.62. The number of carboxylic acids is 1. The lowest BCUT2D eigenvalue weighted by Gasteiger charge is -2.29. The smallest absolute Gasteiger partial charge is 0.329 e. The molecule has 0 spiro atoms. The molecule has 106 valence electrons. The molecular formula is C13H15N3O4. The second-order valence-electron chi connectivity index (χ2n) is 4.32. The van der Waals surface area contributed by atoms with Crippen molar-refractivity contribution >= 4 is 17.3 Å². The molecule has 0 radical (unpaired) electrons. The van der Waals surface area contributed by atoms with E-state index in [2.05, 4.69) is 5.32 Å². The number of hydrogen-bond donors (Lipinski definition) is 2. The Balaban J connectivity index is 3.34. The second kappa shape index (κ2) is 6.02. The van der Waals surface area contributed by atoms with Crippen LogP contribution in [0.2, 0.25) is 0 Å². The number of rotatable bonds is 6. The van der Waals surface area contributed by atoms with Gasteiger partial charge in [0.25, 0.3) is 5.69 Å². The first-order valence-electron chi connectivity index (χ1n) is 6.10. The zero-order valence-electron chi connectivity index (χ0n) is 11.2. The van der Waals surface area contributed by atoms with E-state index in [-0.39, 0.29) is 29.8 Å². The van der Waals surface area contributed by atoms with Gasteiger partial charge in [-0.05, 0) is 25.0 Å². The van der Waals surface area contributed by atoms with E-state index >= 15 is 0 Å². The Labute approximate surface area is 116 Å². The molecule has 0 aliphatic rings. The molecule has 0 bridgehead atoms. The quantitative estimate of drug-likeness (QED) is 0.609. The summed E-state index contributed by atoms with van der Waals surface area (Å²) in [5.41, 5.74) is -1.28. The van der Waals surface area contributed by atoms with Crippen LogP contribution in [0.5, 0.6) is 0 Å². The van der Waals surface area contributed by atoms with Crippen LogP contribution in [0, 0.1) is 21.4 Å². The van der Waals surface area contributed by atoms with Crippen LogP contribution in [0.4, 0.5) is 11.4 Å². The lowest BCUT2D eigenvalue weighted by Crippen LogP contribution is -2.45. The van der Waals surface area contributed by atoms with Gasteiger partial charge in [0.1, 0.15) is 11.2 Å². The van der Waals surface area contributed by atoms with Crippen molar-refractivity contribution in [1.29, 1.82) is 5.26 Å². The van der Waals surface area contributed by atoms with E-state index in [9.17, 15) is 20.0 Å². The number of carbonyl (C=O) groups is 1. The first-order chi connectivity index (χ1) is 9.40.